The monoisotopic (exact) mass is 226 g/mol. The highest BCUT2D eigenvalue weighted by atomic mass is 19.1. The maximum Gasteiger partial charge on any atom is 0.146 e. The number of hydrogen-bond donors (Lipinski definition) is 2. The van der Waals surface area contributed by atoms with Crippen molar-refractivity contribution in [3.63, 3.8) is 0 Å². The average molecular weight is 226 g/mol. The molecule has 0 saturated carbocycles. The third kappa shape index (κ3) is 2.93. The summed E-state index contributed by atoms with van der Waals surface area (Å²) in [6.07, 6.45) is 0. The predicted molar refractivity (Wildman–Crippen MR) is 64.0 cm³/mol. The van der Waals surface area contributed by atoms with Crippen molar-refractivity contribution in [2.45, 2.75) is 19.9 Å². The number of aliphatic hydroxyl groups is 1. The molecule has 0 amide bonds. The molecule has 0 spiro atoms. The highest BCUT2D eigenvalue weighted by Gasteiger charge is 2.11. The van der Waals surface area contributed by atoms with E-state index in [2.05, 4.69) is 0 Å². The smallest absolute Gasteiger partial charge is 0.146 e. The van der Waals surface area contributed by atoms with Crippen LogP contribution in [0.2, 0.25) is 0 Å². The summed E-state index contributed by atoms with van der Waals surface area (Å²) in [6, 6.07) is 4.83. The Morgan fingerprint density at radius 3 is 2.62 bits per heavy atom. The van der Waals surface area contributed by atoms with Crippen molar-refractivity contribution in [2.24, 2.45) is 5.73 Å². The van der Waals surface area contributed by atoms with Gasteiger partial charge in [0, 0.05) is 19.1 Å². The summed E-state index contributed by atoms with van der Waals surface area (Å²) in [5.41, 5.74) is 6.97. The molecule has 0 aliphatic carbocycles. The van der Waals surface area contributed by atoms with Crippen molar-refractivity contribution in [3.05, 3.63) is 29.6 Å². The van der Waals surface area contributed by atoms with Gasteiger partial charge in [0.25, 0.3) is 0 Å². The first kappa shape index (κ1) is 12.9. The molecule has 1 rings (SSSR count). The molecule has 1 atom stereocenters. The molecule has 1 aromatic rings. The summed E-state index contributed by atoms with van der Waals surface area (Å²) in [6.45, 7) is 4.86. The second-order valence-electron chi connectivity index (χ2n) is 3.80. The zero-order valence-electron chi connectivity index (χ0n) is 9.78. The molecule has 16 heavy (non-hydrogen) atoms. The van der Waals surface area contributed by atoms with Crippen LogP contribution in [0.25, 0.3) is 0 Å². The van der Waals surface area contributed by atoms with Crippen LogP contribution in [0.15, 0.2) is 18.2 Å². The second kappa shape index (κ2) is 5.82. The first-order valence-corrected chi connectivity index (χ1v) is 5.51. The van der Waals surface area contributed by atoms with Gasteiger partial charge in [0.05, 0.1) is 12.3 Å². The summed E-state index contributed by atoms with van der Waals surface area (Å²) in [5.74, 6) is -0.287. The average Bonchev–Trinajstić information content (AvgIpc) is 2.26. The Morgan fingerprint density at radius 2 is 2.19 bits per heavy atom. The summed E-state index contributed by atoms with van der Waals surface area (Å²) >= 11 is 0. The van der Waals surface area contributed by atoms with Gasteiger partial charge in [-0.2, -0.15) is 0 Å². The van der Waals surface area contributed by atoms with Crippen molar-refractivity contribution in [1.82, 2.24) is 0 Å². The standard InChI is InChI=1S/C12H19FN2O/c1-3-15(6-7-16)12-5-4-10(9(2)14)8-11(12)13/h4-5,8-9,16H,3,6-7,14H2,1-2H3. The molecule has 0 radical (unpaired) electrons. The van der Waals surface area contributed by atoms with E-state index in [9.17, 15) is 4.39 Å². The summed E-state index contributed by atoms with van der Waals surface area (Å²) in [7, 11) is 0. The Bertz CT molecular complexity index is 342. The van der Waals surface area contributed by atoms with Gasteiger partial charge in [-0.3, -0.25) is 0 Å². The van der Waals surface area contributed by atoms with Gasteiger partial charge >= 0.3 is 0 Å². The van der Waals surface area contributed by atoms with E-state index in [4.69, 9.17) is 10.8 Å². The van der Waals surface area contributed by atoms with Crippen LogP contribution >= 0.6 is 0 Å². The van der Waals surface area contributed by atoms with Crippen LogP contribution in [-0.4, -0.2) is 24.8 Å². The minimum Gasteiger partial charge on any atom is -0.395 e. The number of halogens is 1. The summed E-state index contributed by atoms with van der Waals surface area (Å²) in [4.78, 5) is 1.79. The van der Waals surface area contributed by atoms with Crippen molar-refractivity contribution in [2.75, 3.05) is 24.6 Å². The van der Waals surface area contributed by atoms with Gasteiger partial charge in [-0.25, -0.2) is 4.39 Å². The van der Waals surface area contributed by atoms with E-state index in [-0.39, 0.29) is 18.5 Å². The zero-order valence-corrected chi connectivity index (χ0v) is 9.78. The van der Waals surface area contributed by atoms with Gasteiger partial charge in [0.1, 0.15) is 5.82 Å². The lowest BCUT2D eigenvalue weighted by Gasteiger charge is -2.23. The number of likely N-dealkylation sites (N-methyl/N-ethyl adjacent to an activating group) is 1. The quantitative estimate of drug-likeness (QED) is 0.803. The van der Waals surface area contributed by atoms with Crippen LogP contribution in [0.4, 0.5) is 10.1 Å². The minimum atomic E-state index is -0.287. The van der Waals surface area contributed by atoms with E-state index >= 15 is 0 Å². The molecule has 1 aromatic carbocycles. The molecule has 0 saturated heterocycles. The van der Waals surface area contributed by atoms with Crippen LogP contribution in [0, 0.1) is 5.82 Å². The first-order chi connectivity index (χ1) is 7.60. The van der Waals surface area contributed by atoms with E-state index in [0.29, 0.717) is 18.8 Å². The number of nitrogens with zero attached hydrogens (tertiary/aromatic N) is 1. The van der Waals surface area contributed by atoms with Gasteiger partial charge in [-0.1, -0.05) is 6.07 Å². The first-order valence-electron chi connectivity index (χ1n) is 5.51. The highest BCUT2D eigenvalue weighted by Crippen LogP contribution is 2.22. The number of rotatable bonds is 5. The van der Waals surface area contributed by atoms with E-state index in [1.807, 2.05) is 19.9 Å². The molecule has 90 valence electrons. The maximum absolute atomic E-state index is 13.8. The van der Waals surface area contributed by atoms with Crippen LogP contribution in [0.1, 0.15) is 25.5 Å². The van der Waals surface area contributed by atoms with Gasteiger partial charge in [-0.05, 0) is 31.5 Å². The lowest BCUT2D eigenvalue weighted by molar-refractivity contribution is 0.302. The van der Waals surface area contributed by atoms with Crippen LogP contribution in [0.5, 0.6) is 0 Å². The van der Waals surface area contributed by atoms with Gasteiger partial charge < -0.3 is 15.7 Å². The molecule has 0 aliphatic heterocycles. The number of benzene rings is 1. The molecule has 0 bridgehead atoms. The third-order valence-electron chi connectivity index (χ3n) is 2.59. The fourth-order valence-corrected chi connectivity index (χ4v) is 1.63. The Morgan fingerprint density at radius 1 is 1.50 bits per heavy atom. The number of anilines is 1. The number of nitrogens with two attached hydrogens (primary N) is 1. The van der Waals surface area contributed by atoms with Crippen molar-refractivity contribution >= 4 is 5.69 Å². The van der Waals surface area contributed by atoms with Crippen molar-refractivity contribution in [1.29, 1.82) is 0 Å². The molecule has 4 heteroatoms. The molecule has 0 aromatic heterocycles. The molecule has 1 unspecified atom stereocenters. The van der Waals surface area contributed by atoms with Gasteiger partial charge in [-0.15, -0.1) is 0 Å². The van der Waals surface area contributed by atoms with Gasteiger partial charge in [0.2, 0.25) is 0 Å². The zero-order chi connectivity index (χ0) is 12.1. The normalized spacial score (nSPS) is 12.6. The minimum absolute atomic E-state index is 0.0162. The number of hydrogen-bond acceptors (Lipinski definition) is 3. The molecule has 3 N–H and O–H groups in total. The Labute approximate surface area is 95.7 Å². The molecular weight excluding hydrogens is 207 g/mol. The van der Waals surface area contributed by atoms with Gasteiger partial charge in [0.15, 0.2) is 0 Å². The van der Waals surface area contributed by atoms with Crippen molar-refractivity contribution < 1.29 is 9.50 Å². The van der Waals surface area contributed by atoms with E-state index in [1.54, 1.807) is 11.0 Å². The largest absolute Gasteiger partial charge is 0.395 e. The fourth-order valence-electron chi connectivity index (χ4n) is 1.63. The SMILES string of the molecule is CCN(CCO)c1ccc(C(C)N)cc1F. The summed E-state index contributed by atoms with van der Waals surface area (Å²) < 4.78 is 13.8. The summed E-state index contributed by atoms with van der Waals surface area (Å²) in [5, 5.41) is 8.88. The Hall–Kier alpha value is -1.13. The molecule has 0 heterocycles. The third-order valence-corrected chi connectivity index (χ3v) is 2.59. The predicted octanol–water partition coefficient (Wildman–Crippen LogP) is 1.66. The van der Waals surface area contributed by atoms with Crippen LogP contribution < -0.4 is 10.6 Å². The lowest BCUT2D eigenvalue weighted by atomic mass is 10.1. The molecule has 3 nitrogen and oxygen atoms in total. The van der Waals surface area contributed by atoms with Crippen LogP contribution in [0.3, 0.4) is 0 Å². The number of aliphatic hydroxyl groups excluding tert-OH is 1. The van der Waals surface area contributed by atoms with E-state index in [0.717, 1.165) is 5.56 Å². The second-order valence-corrected chi connectivity index (χ2v) is 3.80. The van der Waals surface area contributed by atoms with Crippen LogP contribution in [-0.2, 0) is 0 Å². The highest BCUT2D eigenvalue weighted by molar-refractivity contribution is 5.49. The maximum atomic E-state index is 13.8. The lowest BCUT2D eigenvalue weighted by Crippen LogP contribution is -2.27. The topological polar surface area (TPSA) is 49.5 Å². The molecular formula is C12H19FN2O. The van der Waals surface area contributed by atoms with E-state index in [1.165, 1.54) is 6.07 Å². The Balaban J connectivity index is 2.96. The Kier molecular flexibility index (Phi) is 4.71. The molecule has 0 fully saturated rings. The van der Waals surface area contributed by atoms with Crippen molar-refractivity contribution in [3.8, 4) is 0 Å². The molecule has 0 aliphatic rings. The fraction of sp³-hybridized carbons (Fsp3) is 0.500. The van der Waals surface area contributed by atoms with E-state index < -0.39 is 0 Å².